The predicted octanol–water partition coefficient (Wildman–Crippen LogP) is 3.50. The minimum atomic E-state index is -3.24. The van der Waals surface area contributed by atoms with Crippen LogP contribution in [-0.4, -0.2) is 20.6 Å². The fourth-order valence-electron chi connectivity index (χ4n) is 2.41. The summed E-state index contributed by atoms with van der Waals surface area (Å²) >= 11 is 0. The van der Waals surface area contributed by atoms with Gasteiger partial charge in [-0.15, -0.1) is 0 Å². The highest BCUT2D eigenvalue weighted by molar-refractivity contribution is 7.90. The normalized spacial score (nSPS) is 11.3. The number of amides is 1. The number of anilines is 1. The minimum absolute atomic E-state index is 0.223. The zero-order valence-electron chi connectivity index (χ0n) is 12.5. The quantitative estimate of drug-likeness (QED) is 0.801. The summed E-state index contributed by atoms with van der Waals surface area (Å²) in [5.41, 5.74) is 1.13. The van der Waals surface area contributed by atoms with Crippen molar-refractivity contribution < 1.29 is 13.2 Å². The van der Waals surface area contributed by atoms with E-state index < -0.39 is 9.84 Å². The SMILES string of the molecule is CS(=O)(=O)c1ccc(NC(=O)c2cccc3ccccc23)cc1. The molecule has 0 spiro atoms. The van der Waals surface area contributed by atoms with Crippen molar-refractivity contribution in [1.29, 1.82) is 0 Å². The third kappa shape index (κ3) is 3.24. The Morgan fingerprint density at radius 2 is 1.52 bits per heavy atom. The fourth-order valence-corrected chi connectivity index (χ4v) is 3.04. The molecule has 4 nitrogen and oxygen atoms in total. The molecule has 3 rings (SSSR count). The van der Waals surface area contributed by atoms with Gasteiger partial charge in [-0.1, -0.05) is 36.4 Å². The van der Waals surface area contributed by atoms with Gasteiger partial charge >= 0.3 is 0 Å². The van der Waals surface area contributed by atoms with Gasteiger partial charge in [0.05, 0.1) is 4.90 Å². The van der Waals surface area contributed by atoms with Gasteiger partial charge in [0.15, 0.2) is 9.84 Å². The van der Waals surface area contributed by atoms with Gasteiger partial charge < -0.3 is 5.32 Å². The molecule has 0 radical (unpaired) electrons. The molecule has 0 aliphatic rings. The molecule has 0 saturated carbocycles. The van der Waals surface area contributed by atoms with Gasteiger partial charge in [-0.05, 0) is 41.1 Å². The van der Waals surface area contributed by atoms with E-state index in [1.165, 1.54) is 12.1 Å². The number of sulfone groups is 1. The molecular weight excluding hydrogens is 310 g/mol. The average molecular weight is 325 g/mol. The van der Waals surface area contributed by atoms with Crippen LogP contribution in [0.4, 0.5) is 5.69 Å². The molecule has 3 aromatic rings. The van der Waals surface area contributed by atoms with Gasteiger partial charge in [-0.25, -0.2) is 8.42 Å². The lowest BCUT2D eigenvalue weighted by Gasteiger charge is -2.08. The number of hydrogen-bond acceptors (Lipinski definition) is 3. The van der Waals surface area contributed by atoms with E-state index in [2.05, 4.69) is 5.32 Å². The second-order valence-corrected chi connectivity index (χ2v) is 7.29. The molecular formula is C18H15NO3S. The summed E-state index contributed by atoms with van der Waals surface area (Å²) in [6.45, 7) is 0. The van der Waals surface area contributed by atoms with E-state index >= 15 is 0 Å². The van der Waals surface area contributed by atoms with E-state index in [0.717, 1.165) is 17.0 Å². The molecule has 0 aliphatic carbocycles. The highest BCUT2D eigenvalue weighted by Crippen LogP contribution is 2.20. The molecule has 0 fully saturated rings. The maximum absolute atomic E-state index is 12.5. The standard InChI is InChI=1S/C18H15NO3S/c1-23(21,22)15-11-9-14(10-12-15)19-18(20)17-8-4-6-13-5-2-3-7-16(13)17/h2-12H,1H3,(H,19,20). The molecule has 0 aliphatic heterocycles. The van der Waals surface area contributed by atoms with Crippen LogP contribution in [0.1, 0.15) is 10.4 Å². The third-order valence-corrected chi connectivity index (χ3v) is 4.70. The molecule has 1 N–H and O–H groups in total. The van der Waals surface area contributed by atoms with Crippen LogP contribution in [0.3, 0.4) is 0 Å². The number of carbonyl (C=O) groups is 1. The third-order valence-electron chi connectivity index (χ3n) is 3.57. The first-order valence-electron chi connectivity index (χ1n) is 7.04. The topological polar surface area (TPSA) is 63.2 Å². The molecule has 0 saturated heterocycles. The zero-order chi connectivity index (χ0) is 16.4. The largest absolute Gasteiger partial charge is 0.322 e. The Balaban J connectivity index is 1.89. The van der Waals surface area contributed by atoms with Crippen molar-refractivity contribution in [3.05, 3.63) is 72.3 Å². The Labute approximate surface area is 134 Å². The van der Waals surface area contributed by atoms with E-state index in [9.17, 15) is 13.2 Å². The molecule has 0 atom stereocenters. The fraction of sp³-hybridized carbons (Fsp3) is 0.0556. The Morgan fingerprint density at radius 3 is 2.22 bits per heavy atom. The lowest BCUT2D eigenvalue weighted by Crippen LogP contribution is -2.12. The highest BCUT2D eigenvalue weighted by Gasteiger charge is 2.11. The summed E-state index contributed by atoms with van der Waals surface area (Å²) in [7, 11) is -3.24. The summed E-state index contributed by atoms with van der Waals surface area (Å²) in [6, 6.07) is 19.3. The smallest absolute Gasteiger partial charge is 0.256 e. The number of nitrogens with one attached hydrogen (secondary N) is 1. The van der Waals surface area contributed by atoms with Crippen molar-refractivity contribution in [2.75, 3.05) is 11.6 Å². The molecule has 116 valence electrons. The van der Waals surface area contributed by atoms with Crippen LogP contribution in [0.15, 0.2) is 71.6 Å². The molecule has 5 heteroatoms. The monoisotopic (exact) mass is 325 g/mol. The first-order valence-corrected chi connectivity index (χ1v) is 8.93. The summed E-state index contributed by atoms with van der Waals surface area (Å²) in [6.07, 6.45) is 1.15. The predicted molar refractivity (Wildman–Crippen MR) is 91.5 cm³/mol. The Hall–Kier alpha value is -2.66. The maximum atomic E-state index is 12.5. The average Bonchev–Trinajstić information content (AvgIpc) is 2.54. The van der Waals surface area contributed by atoms with Crippen LogP contribution in [0.2, 0.25) is 0 Å². The molecule has 3 aromatic carbocycles. The van der Waals surface area contributed by atoms with Gasteiger partial charge in [0.25, 0.3) is 5.91 Å². The van der Waals surface area contributed by atoms with E-state index in [0.29, 0.717) is 11.3 Å². The first-order chi connectivity index (χ1) is 10.9. The van der Waals surface area contributed by atoms with Gasteiger partial charge in [0, 0.05) is 17.5 Å². The molecule has 0 unspecified atom stereocenters. The van der Waals surface area contributed by atoms with Crippen LogP contribution in [0.5, 0.6) is 0 Å². The van der Waals surface area contributed by atoms with Crippen LogP contribution < -0.4 is 5.32 Å². The van der Waals surface area contributed by atoms with Crippen LogP contribution in [0, 0.1) is 0 Å². The van der Waals surface area contributed by atoms with E-state index in [4.69, 9.17) is 0 Å². The van der Waals surface area contributed by atoms with Gasteiger partial charge in [0.2, 0.25) is 0 Å². The van der Waals surface area contributed by atoms with Crippen molar-refractivity contribution in [3.63, 3.8) is 0 Å². The molecule has 1 amide bonds. The molecule has 0 aromatic heterocycles. The summed E-state index contributed by atoms with van der Waals surface area (Å²) in [5.74, 6) is -0.228. The van der Waals surface area contributed by atoms with E-state index in [1.54, 1.807) is 18.2 Å². The molecule has 0 bridgehead atoms. The van der Waals surface area contributed by atoms with Gasteiger partial charge in [-0.2, -0.15) is 0 Å². The summed E-state index contributed by atoms with van der Waals surface area (Å²) in [5, 5.41) is 4.66. The van der Waals surface area contributed by atoms with Crippen molar-refractivity contribution in [3.8, 4) is 0 Å². The van der Waals surface area contributed by atoms with Gasteiger partial charge in [-0.3, -0.25) is 4.79 Å². The van der Waals surface area contributed by atoms with Crippen LogP contribution >= 0.6 is 0 Å². The Morgan fingerprint density at radius 1 is 0.870 bits per heavy atom. The zero-order valence-corrected chi connectivity index (χ0v) is 13.3. The van der Waals surface area contributed by atoms with Crippen molar-refractivity contribution in [1.82, 2.24) is 0 Å². The second kappa shape index (κ2) is 5.85. The van der Waals surface area contributed by atoms with E-state index in [1.807, 2.05) is 36.4 Å². The van der Waals surface area contributed by atoms with Crippen molar-refractivity contribution in [2.24, 2.45) is 0 Å². The molecule has 23 heavy (non-hydrogen) atoms. The van der Waals surface area contributed by atoms with Crippen LogP contribution in [0.25, 0.3) is 10.8 Å². The lowest BCUT2D eigenvalue weighted by atomic mass is 10.0. The Kier molecular flexibility index (Phi) is 3.88. The first kappa shape index (κ1) is 15.2. The van der Waals surface area contributed by atoms with E-state index in [-0.39, 0.29) is 10.8 Å². The second-order valence-electron chi connectivity index (χ2n) is 5.28. The maximum Gasteiger partial charge on any atom is 0.256 e. The van der Waals surface area contributed by atoms with Crippen molar-refractivity contribution >= 4 is 32.2 Å². The molecule has 0 heterocycles. The summed E-state index contributed by atoms with van der Waals surface area (Å²) in [4.78, 5) is 12.7. The summed E-state index contributed by atoms with van der Waals surface area (Å²) < 4.78 is 22.9. The van der Waals surface area contributed by atoms with Crippen molar-refractivity contribution in [2.45, 2.75) is 4.90 Å². The Bertz CT molecular complexity index is 971. The lowest BCUT2D eigenvalue weighted by molar-refractivity contribution is 0.102. The number of hydrogen-bond donors (Lipinski definition) is 1. The number of benzene rings is 3. The minimum Gasteiger partial charge on any atom is -0.322 e. The van der Waals surface area contributed by atoms with Gasteiger partial charge in [0.1, 0.15) is 0 Å². The highest BCUT2D eigenvalue weighted by atomic mass is 32.2. The number of rotatable bonds is 3. The number of fused-ring (bicyclic) bond motifs is 1. The number of carbonyl (C=O) groups excluding carboxylic acids is 1. The van der Waals surface area contributed by atoms with Crippen LogP contribution in [-0.2, 0) is 9.84 Å².